The maximum atomic E-state index is 11.3. The van der Waals surface area contributed by atoms with E-state index in [0.717, 1.165) is 39.2 Å². The highest BCUT2D eigenvalue weighted by Gasteiger charge is 2.13. The zero-order chi connectivity index (χ0) is 17.0. The third-order valence-corrected chi connectivity index (χ3v) is 4.64. The molecular formula is C17H20N2O3S. The van der Waals surface area contributed by atoms with Gasteiger partial charge in [-0.15, -0.1) is 11.8 Å². The zero-order valence-corrected chi connectivity index (χ0v) is 14.3. The van der Waals surface area contributed by atoms with Crippen LogP contribution in [0.5, 0.6) is 0 Å². The molecule has 0 saturated heterocycles. The maximum Gasteiger partial charge on any atom is 0.304 e. The lowest BCUT2D eigenvalue weighted by molar-refractivity contribution is -0.136. The first kappa shape index (κ1) is 17.3. The van der Waals surface area contributed by atoms with E-state index in [9.17, 15) is 9.59 Å². The summed E-state index contributed by atoms with van der Waals surface area (Å²) in [5, 5.41) is 12.6. The molecule has 0 radical (unpaired) electrons. The molecule has 0 aliphatic heterocycles. The van der Waals surface area contributed by atoms with Gasteiger partial charge in [-0.2, -0.15) is 0 Å². The van der Waals surface area contributed by atoms with Gasteiger partial charge in [0.15, 0.2) is 0 Å². The first-order chi connectivity index (χ1) is 10.9. The Morgan fingerprint density at radius 1 is 1.35 bits per heavy atom. The number of hydrogen-bond donors (Lipinski definition) is 2. The van der Waals surface area contributed by atoms with Crippen LogP contribution in [0.25, 0.3) is 10.9 Å². The van der Waals surface area contributed by atoms with Gasteiger partial charge >= 0.3 is 5.97 Å². The van der Waals surface area contributed by atoms with Crippen LogP contribution in [-0.4, -0.2) is 27.7 Å². The van der Waals surface area contributed by atoms with Gasteiger partial charge in [0.2, 0.25) is 5.91 Å². The van der Waals surface area contributed by atoms with E-state index in [4.69, 9.17) is 5.11 Å². The number of anilines is 1. The van der Waals surface area contributed by atoms with Gasteiger partial charge in [-0.1, -0.05) is 6.92 Å². The Morgan fingerprint density at radius 3 is 2.70 bits per heavy atom. The number of hydrogen-bond acceptors (Lipinski definition) is 4. The fourth-order valence-electron chi connectivity index (χ4n) is 2.49. The smallest absolute Gasteiger partial charge is 0.304 e. The number of benzene rings is 1. The maximum absolute atomic E-state index is 11.3. The molecule has 0 spiro atoms. The lowest BCUT2D eigenvalue weighted by Crippen LogP contribution is -2.06. The van der Waals surface area contributed by atoms with E-state index >= 15 is 0 Å². The second kappa shape index (κ2) is 7.46. The summed E-state index contributed by atoms with van der Waals surface area (Å²) in [6.07, 6.45) is 0.941. The van der Waals surface area contributed by atoms with Gasteiger partial charge in [0, 0.05) is 34.3 Å². The van der Waals surface area contributed by atoms with Crippen molar-refractivity contribution in [2.45, 2.75) is 38.5 Å². The van der Waals surface area contributed by atoms with Crippen molar-refractivity contribution in [2.75, 3.05) is 11.1 Å². The SMILES string of the molecule is CCc1c(C)nc2ccc(NC(C)=O)cc2c1SCCC(=O)O. The van der Waals surface area contributed by atoms with Gasteiger partial charge in [-0.3, -0.25) is 14.6 Å². The summed E-state index contributed by atoms with van der Waals surface area (Å²) in [6.45, 7) is 5.51. The predicted octanol–water partition coefficient (Wildman–Crippen LogP) is 3.63. The molecule has 6 heteroatoms. The van der Waals surface area contributed by atoms with Crippen LogP contribution in [0.4, 0.5) is 5.69 Å². The number of aromatic nitrogens is 1. The molecule has 2 rings (SSSR count). The summed E-state index contributed by atoms with van der Waals surface area (Å²) in [7, 11) is 0. The average Bonchev–Trinajstić information content (AvgIpc) is 2.46. The first-order valence-electron chi connectivity index (χ1n) is 7.47. The lowest BCUT2D eigenvalue weighted by atomic mass is 10.1. The van der Waals surface area contributed by atoms with Gasteiger partial charge in [-0.05, 0) is 37.1 Å². The number of thioether (sulfide) groups is 1. The van der Waals surface area contributed by atoms with Crippen molar-refractivity contribution in [3.8, 4) is 0 Å². The van der Waals surface area contributed by atoms with Crippen molar-refractivity contribution in [3.05, 3.63) is 29.5 Å². The number of carbonyl (C=O) groups is 2. The Labute approximate surface area is 139 Å². The number of fused-ring (bicyclic) bond motifs is 1. The highest BCUT2D eigenvalue weighted by molar-refractivity contribution is 7.99. The Hall–Kier alpha value is -2.08. The van der Waals surface area contributed by atoms with Crippen LogP contribution in [0, 0.1) is 6.92 Å². The molecular weight excluding hydrogens is 312 g/mol. The quantitative estimate of drug-likeness (QED) is 0.790. The number of nitrogens with one attached hydrogen (secondary N) is 1. The Bertz CT molecular complexity index is 759. The van der Waals surface area contributed by atoms with E-state index in [1.807, 2.05) is 25.1 Å². The number of amides is 1. The van der Waals surface area contributed by atoms with Crippen molar-refractivity contribution in [3.63, 3.8) is 0 Å². The van der Waals surface area contributed by atoms with Gasteiger partial charge in [0.25, 0.3) is 0 Å². The summed E-state index contributed by atoms with van der Waals surface area (Å²) in [4.78, 5) is 27.7. The molecule has 23 heavy (non-hydrogen) atoms. The second-order valence-electron chi connectivity index (χ2n) is 5.26. The summed E-state index contributed by atoms with van der Waals surface area (Å²) in [5.74, 6) is -0.421. The Kier molecular flexibility index (Phi) is 5.60. The fraction of sp³-hybridized carbons (Fsp3) is 0.353. The van der Waals surface area contributed by atoms with Crippen molar-refractivity contribution >= 4 is 40.2 Å². The molecule has 0 aliphatic rings. The van der Waals surface area contributed by atoms with Gasteiger partial charge in [0.1, 0.15) is 0 Å². The molecule has 0 atom stereocenters. The van der Waals surface area contributed by atoms with E-state index in [2.05, 4.69) is 17.2 Å². The number of aliphatic carboxylic acids is 1. The molecule has 1 aromatic carbocycles. The number of aryl methyl sites for hydroxylation is 1. The van der Waals surface area contributed by atoms with Gasteiger partial charge < -0.3 is 10.4 Å². The fourth-order valence-corrected chi connectivity index (χ4v) is 3.76. The molecule has 0 bridgehead atoms. The van der Waals surface area contributed by atoms with Crippen molar-refractivity contribution in [2.24, 2.45) is 0 Å². The van der Waals surface area contributed by atoms with Crippen LogP contribution in [-0.2, 0) is 16.0 Å². The molecule has 5 nitrogen and oxygen atoms in total. The summed E-state index contributed by atoms with van der Waals surface area (Å²) in [6, 6.07) is 5.62. The molecule has 0 fully saturated rings. The van der Waals surface area contributed by atoms with Crippen LogP contribution in [0.3, 0.4) is 0 Å². The highest BCUT2D eigenvalue weighted by atomic mass is 32.2. The number of rotatable bonds is 6. The minimum atomic E-state index is -0.801. The monoisotopic (exact) mass is 332 g/mol. The summed E-state index contributed by atoms with van der Waals surface area (Å²) < 4.78 is 0. The standard InChI is InChI=1S/C17H20N2O3S/c1-4-13-10(2)18-15-6-5-12(19-11(3)20)9-14(15)17(13)23-8-7-16(21)22/h5-6,9H,4,7-8H2,1-3H3,(H,19,20)(H,21,22). The van der Waals surface area contributed by atoms with Crippen LogP contribution >= 0.6 is 11.8 Å². The molecule has 1 amide bonds. The van der Waals surface area contributed by atoms with Crippen LogP contribution in [0.2, 0.25) is 0 Å². The predicted molar refractivity (Wildman–Crippen MR) is 93.1 cm³/mol. The Morgan fingerprint density at radius 2 is 2.09 bits per heavy atom. The number of carboxylic acid groups (broad SMARTS) is 1. The summed E-state index contributed by atoms with van der Waals surface area (Å²) in [5.41, 5.74) is 3.67. The average molecular weight is 332 g/mol. The number of carbonyl (C=O) groups excluding carboxylic acids is 1. The zero-order valence-electron chi connectivity index (χ0n) is 13.5. The molecule has 2 N–H and O–H groups in total. The van der Waals surface area contributed by atoms with Crippen LogP contribution in [0.15, 0.2) is 23.1 Å². The molecule has 0 saturated carbocycles. The molecule has 0 aliphatic carbocycles. The van der Waals surface area contributed by atoms with Crippen LogP contribution < -0.4 is 5.32 Å². The first-order valence-corrected chi connectivity index (χ1v) is 8.46. The van der Waals surface area contributed by atoms with Gasteiger partial charge in [0.05, 0.1) is 11.9 Å². The number of nitrogens with zero attached hydrogens (tertiary/aromatic N) is 1. The third-order valence-electron chi connectivity index (χ3n) is 3.48. The number of pyridine rings is 1. The topological polar surface area (TPSA) is 79.3 Å². The summed E-state index contributed by atoms with van der Waals surface area (Å²) >= 11 is 1.54. The largest absolute Gasteiger partial charge is 0.481 e. The van der Waals surface area contributed by atoms with E-state index in [0.29, 0.717) is 5.75 Å². The van der Waals surface area contributed by atoms with Gasteiger partial charge in [-0.25, -0.2) is 0 Å². The van der Waals surface area contributed by atoms with E-state index in [-0.39, 0.29) is 12.3 Å². The van der Waals surface area contributed by atoms with Crippen molar-refractivity contribution < 1.29 is 14.7 Å². The highest BCUT2D eigenvalue weighted by Crippen LogP contribution is 2.34. The number of carboxylic acids is 1. The van der Waals surface area contributed by atoms with E-state index in [1.165, 1.54) is 18.7 Å². The molecule has 122 valence electrons. The molecule has 1 heterocycles. The Balaban J connectivity index is 2.51. The van der Waals surface area contributed by atoms with E-state index in [1.54, 1.807) is 0 Å². The molecule has 1 aromatic heterocycles. The van der Waals surface area contributed by atoms with Crippen LogP contribution in [0.1, 0.15) is 31.5 Å². The minimum Gasteiger partial charge on any atom is -0.481 e. The molecule has 0 unspecified atom stereocenters. The third kappa shape index (κ3) is 4.22. The minimum absolute atomic E-state index is 0.113. The van der Waals surface area contributed by atoms with Crippen molar-refractivity contribution in [1.29, 1.82) is 0 Å². The molecule has 2 aromatic rings. The lowest BCUT2D eigenvalue weighted by Gasteiger charge is -2.15. The second-order valence-corrected chi connectivity index (χ2v) is 6.37. The van der Waals surface area contributed by atoms with E-state index < -0.39 is 5.97 Å². The normalized spacial score (nSPS) is 10.7. The van der Waals surface area contributed by atoms with Crippen molar-refractivity contribution in [1.82, 2.24) is 4.98 Å².